The Morgan fingerprint density at radius 3 is 2.52 bits per heavy atom. The Kier molecular flexibility index (Phi) is 6.17. The Morgan fingerprint density at radius 2 is 1.84 bits per heavy atom. The molecule has 0 amide bonds. The molecule has 4 nitrogen and oxygen atoms in total. The molecule has 0 bridgehead atoms. The summed E-state index contributed by atoms with van der Waals surface area (Å²) in [6.07, 6.45) is 10.4. The third-order valence-electron chi connectivity index (χ3n) is 10.5. The van der Waals surface area contributed by atoms with E-state index in [1.165, 1.54) is 20.0 Å². The number of Topliss-reactive ketones (excluding diaryl/α,β-unsaturated/α-hetero) is 1. The number of hydrogen-bond acceptors (Lipinski definition) is 4. The highest BCUT2D eigenvalue weighted by molar-refractivity contribution is 5.99. The number of rotatable bonds is 4. The van der Waals surface area contributed by atoms with E-state index in [0.717, 1.165) is 44.1 Å². The number of aliphatic hydroxyl groups is 1. The Hall–Kier alpha value is -1.16. The highest BCUT2D eigenvalue weighted by Crippen LogP contribution is 2.68. The third-order valence-corrected chi connectivity index (χ3v) is 10.5. The van der Waals surface area contributed by atoms with Gasteiger partial charge in [-0.2, -0.15) is 0 Å². The monoisotopic (exact) mass is 430 g/mol. The molecule has 31 heavy (non-hydrogen) atoms. The van der Waals surface area contributed by atoms with Crippen LogP contribution < -0.4 is 0 Å². The molecule has 9 atom stereocenters. The van der Waals surface area contributed by atoms with Crippen LogP contribution in [0.4, 0.5) is 0 Å². The number of carbonyl (C=O) groups excluding carboxylic acids is 2. The molecule has 4 rings (SSSR count). The molecule has 0 spiro atoms. The van der Waals surface area contributed by atoms with Crippen LogP contribution >= 0.6 is 0 Å². The zero-order valence-corrected chi connectivity index (χ0v) is 20.2. The van der Waals surface area contributed by atoms with E-state index in [-0.39, 0.29) is 34.7 Å². The molecular formula is C27H42O4. The van der Waals surface area contributed by atoms with Crippen molar-refractivity contribution in [3.05, 3.63) is 11.6 Å². The topological polar surface area (TPSA) is 63.6 Å². The number of esters is 1. The largest absolute Gasteiger partial charge is 0.469 e. The molecule has 0 aromatic heterocycles. The van der Waals surface area contributed by atoms with Crippen LogP contribution in [0.2, 0.25) is 0 Å². The van der Waals surface area contributed by atoms with E-state index in [1.807, 2.05) is 6.92 Å². The number of carbonyl (C=O) groups is 2. The lowest BCUT2D eigenvalue weighted by molar-refractivity contribution is -0.150. The number of methoxy groups -OCH3 is 1. The van der Waals surface area contributed by atoms with Crippen LogP contribution in [0.3, 0.4) is 0 Å². The quantitative estimate of drug-likeness (QED) is 0.484. The third kappa shape index (κ3) is 3.52. The summed E-state index contributed by atoms with van der Waals surface area (Å²) in [4.78, 5) is 25.6. The van der Waals surface area contributed by atoms with Gasteiger partial charge < -0.3 is 9.84 Å². The highest BCUT2D eigenvalue weighted by atomic mass is 16.5. The zero-order valence-electron chi connectivity index (χ0n) is 20.2. The van der Waals surface area contributed by atoms with Crippen LogP contribution in [-0.4, -0.2) is 30.1 Å². The first-order valence-corrected chi connectivity index (χ1v) is 12.6. The fourth-order valence-corrected chi connectivity index (χ4v) is 8.81. The van der Waals surface area contributed by atoms with Crippen molar-refractivity contribution in [3.8, 4) is 0 Å². The van der Waals surface area contributed by atoms with E-state index < -0.39 is 0 Å². The fourth-order valence-electron chi connectivity index (χ4n) is 8.81. The average molecular weight is 431 g/mol. The molecule has 4 fully saturated rings. The van der Waals surface area contributed by atoms with Gasteiger partial charge in [0.05, 0.1) is 13.2 Å². The molecule has 0 aromatic carbocycles. The van der Waals surface area contributed by atoms with Crippen molar-refractivity contribution in [1.29, 1.82) is 0 Å². The standard InChI is InChI=1S/C27H42O4/c1-6-18-22-15-17(28)11-13-27(22,4)21-12-14-26(3)19(16(2)7-10-23(29)31-5)8-9-20(26)24(21)25(18)30/h6,16-17,19-22,24,28H,7-15H2,1-5H3/b18-6-/t16?,17-,19-,20+,21+,22+,24+,26-,27-/m0/s1. The van der Waals surface area contributed by atoms with Crippen molar-refractivity contribution >= 4 is 11.8 Å². The van der Waals surface area contributed by atoms with Crippen molar-refractivity contribution < 1.29 is 19.4 Å². The molecule has 0 heterocycles. The smallest absolute Gasteiger partial charge is 0.305 e. The second-order valence-electron chi connectivity index (χ2n) is 11.7. The van der Waals surface area contributed by atoms with E-state index >= 15 is 0 Å². The molecule has 4 aliphatic carbocycles. The van der Waals surface area contributed by atoms with Gasteiger partial charge in [-0.25, -0.2) is 0 Å². The molecule has 0 saturated heterocycles. The van der Waals surface area contributed by atoms with Crippen molar-refractivity contribution in [2.24, 2.45) is 46.3 Å². The second kappa shape index (κ2) is 8.32. The van der Waals surface area contributed by atoms with E-state index in [4.69, 9.17) is 4.74 Å². The summed E-state index contributed by atoms with van der Waals surface area (Å²) < 4.78 is 4.87. The van der Waals surface area contributed by atoms with Gasteiger partial charge in [0.1, 0.15) is 0 Å². The van der Waals surface area contributed by atoms with Crippen molar-refractivity contribution in [1.82, 2.24) is 0 Å². The van der Waals surface area contributed by atoms with Gasteiger partial charge in [0.2, 0.25) is 0 Å². The predicted molar refractivity (Wildman–Crippen MR) is 121 cm³/mol. The summed E-state index contributed by atoms with van der Waals surface area (Å²) in [6.45, 7) is 9.18. The molecular weight excluding hydrogens is 388 g/mol. The molecule has 4 aliphatic rings. The number of hydrogen-bond donors (Lipinski definition) is 1. The molecule has 0 aromatic rings. The summed E-state index contributed by atoms with van der Waals surface area (Å²) in [7, 11) is 1.47. The normalized spacial score (nSPS) is 46.8. The average Bonchev–Trinajstić information content (AvgIpc) is 3.10. The minimum atomic E-state index is -0.266. The fraction of sp³-hybridized carbons (Fsp3) is 0.852. The Bertz CT molecular complexity index is 756. The minimum absolute atomic E-state index is 0.117. The first-order valence-electron chi connectivity index (χ1n) is 12.6. The van der Waals surface area contributed by atoms with Crippen LogP contribution in [0.5, 0.6) is 0 Å². The van der Waals surface area contributed by atoms with Gasteiger partial charge in [-0.1, -0.05) is 26.8 Å². The molecule has 1 N–H and O–H groups in total. The predicted octanol–water partition coefficient (Wildman–Crippen LogP) is 5.33. The molecule has 1 unspecified atom stereocenters. The van der Waals surface area contributed by atoms with Crippen LogP contribution in [0.25, 0.3) is 0 Å². The molecule has 4 heteroatoms. The van der Waals surface area contributed by atoms with Crippen LogP contribution in [0, 0.1) is 46.3 Å². The number of allylic oxidation sites excluding steroid dienone is 2. The van der Waals surface area contributed by atoms with E-state index in [9.17, 15) is 14.7 Å². The van der Waals surface area contributed by atoms with E-state index in [2.05, 4.69) is 26.8 Å². The lowest BCUT2D eigenvalue weighted by atomic mass is 9.43. The van der Waals surface area contributed by atoms with Crippen LogP contribution in [0.15, 0.2) is 11.6 Å². The first-order chi connectivity index (χ1) is 14.7. The number of fused-ring (bicyclic) bond motifs is 5. The Morgan fingerprint density at radius 1 is 1.16 bits per heavy atom. The summed E-state index contributed by atoms with van der Waals surface area (Å²) in [5, 5.41) is 10.4. The molecule has 0 aliphatic heterocycles. The number of aliphatic hydroxyl groups excluding tert-OH is 1. The van der Waals surface area contributed by atoms with Gasteiger partial charge >= 0.3 is 5.97 Å². The van der Waals surface area contributed by atoms with E-state index in [0.29, 0.717) is 35.9 Å². The maximum Gasteiger partial charge on any atom is 0.305 e. The lowest BCUT2D eigenvalue weighted by Crippen LogP contribution is -2.58. The van der Waals surface area contributed by atoms with Crippen molar-refractivity contribution in [2.75, 3.05) is 7.11 Å². The molecule has 0 radical (unpaired) electrons. The maximum absolute atomic E-state index is 13.9. The van der Waals surface area contributed by atoms with Gasteiger partial charge in [0.25, 0.3) is 0 Å². The van der Waals surface area contributed by atoms with E-state index in [1.54, 1.807) is 0 Å². The highest BCUT2D eigenvalue weighted by Gasteiger charge is 2.64. The summed E-state index contributed by atoms with van der Waals surface area (Å²) in [6, 6.07) is 0. The van der Waals surface area contributed by atoms with Crippen LogP contribution in [-0.2, 0) is 14.3 Å². The Labute approximate surface area is 188 Å². The van der Waals surface area contributed by atoms with Gasteiger partial charge in [-0.15, -0.1) is 0 Å². The van der Waals surface area contributed by atoms with Gasteiger partial charge in [-0.3, -0.25) is 9.59 Å². The van der Waals surface area contributed by atoms with Gasteiger partial charge in [-0.05, 0) is 104 Å². The summed E-state index contributed by atoms with van der Waals surface area (Å²) in [5.74, 6) is 2.57. The summed E-state index contributed by atoms with van der Waals surface area (Å²) >= 11 is 0. The second-order valence-corrected chi connectivity index (χ2v) is 11.7. The first kappa shape index (κ1) is 23.0. The minimum Gasteiger partial charge on any atom is -0.469 e. The van der Waals surface area contributed by atoms with Gasteiger partial charge in [0.15, 0.2) is 5.78 Å². The SMILES string of the molecule is C/C=C1\C(=O)[C@H]2[C@@H](CC[C@]3(C)[C@@H]2CC[C@H]3C(C)CCC(=O)OC)[C@]2(C)CC[C@H](O)C[C@H]12. The maximum atomic E-state index is 13.9. The van der Waals surface area contributed by atoms with Crippen molar-refractivity contribution in [3.63, 3.8) is 0 Å². The van der Waals surface area contributed by atoms with Gasteiger partial charge in [0, 0.05) is 12.3 Å². The number of ether oxygens (including phenoxy) is 1. The molecule has 4 saturated carbocycles. The van der Waals surface area contributed by atoms with Crippen LogP contribution in [0.1, 0.15) is 85.5 Å². The summed E-state index contributed by atoms with van der Waals surface area (Å²) in [5.41, 5.74) is 1.33. The molecule has 174 valence electrons. The lowest BCUT2D eigenvalue weighted by Gasteiger charge is -2.61. The van der Waals surface area contributed by atoms with Crippen molar-refractivity contribution in [2.45, 2.75) is 91.6 Å². The zero-order chi connectivity index (χ0) is 22.6. The Balaban J connectivity index is 1.61. The number of ketones is 1.